The first-order chi connectivity index (χ1) is 7.70. The van der Waals surface area contributed by atoms with Crippen molar-refractivity contribution in [2.75, 3.05) is 7.05 Å². The molecule has 1 atom stereocenters. The largest absolute Gasteiger partial charge is 0.452 e. The molecule has 0 aliphatic carbocycles. The van der Waals surface area contributed by atoms with Crippen molar-refractivity contribution in [3.05, 3.63) is 52.4 Å². The first kappa shape index (κ1) is 11.3. The van der Waals surface area contributed by atoms with Crippen molar-refractivity contribution in [1.29, 1.82) is 0 Å². The van der Waals surface area contributed by atoms with Crippen LogP contribution in [0.3, 0.4) is 0 Å². The predicted molar refractivity (Wildman–Crippen MR) is 61.5 cm³/mol. The molecule has 2 aromatic rings. The first-order valence-electron chi connectivity index (χ1n) is 4.73. The summed E-state index contributed by atoms with van der Waals surface area (Å²) in [6.07, 6.45) is 2.79. The van der Waals surface area contributed by atoms with Crippen molar-refractivity contribution in [1.82, 2.24) is 10.3 Å². The minimum absolute atomic E-state index is 0.200. The smallest absolute Gasteiger partial charge is 0.169 e. The van der Waals surface area contributed by atoms with Crippen LogP contribution in [0.15, 0.2) is 39.7 Å². The number of rotatable bonds is 3. The molecular weight excluding hydrogens is 275 g/mol. The maximum Gasteiger partial charge on any atom is 0.169 e. The highest BCUT2D eigenvalue weighted by molar-refractivity contribution is 9.10. The van der Waals surface area contributed by atoms with Crippen LogP contribution >= 0.6 is 15.9 Å². The number of furan rings is 1. The molecule has 2 rings (SSSR count). The van der Waals surface area contributed by atoms with E-state index in [1.165, 1.54) is 12.3 Å². The molecule has 0 aromatic carbocycles. The summed E-state index contributed by atoms with van der Waals surface area (Å²) in [7, 11) is 1.78. The fourth-order valence-electron chi connectivity index (χ4n) is 1.54. The van der Waals surface area contributed by atoms with Crippen LogP contribution < -0.4 is 5.32 Å². The van der Waals surface area contributed by atoms with Gasteiger partial charge >= 0.3 is 0 Å². The zero-order valence-electron chi connectivity index (χ0n) is 8.58. The zero-order chi connectivity index (χ0) is 11.5. The summed E-state index contributed by atoms with van der Waals surface area (Å²) in [6.45, 7) is 0. The van der Waals surface area contributed by atoms with Gasteiger partial charge in [-0.3, -0.25) is 4.98 Å². The molecule has 84 valence electrons. The van der Waals surface area contributed by atoms with Crippen LogP contribution in [-0.2, 0) is 0 Å². The van der Waals surface area contributed by atoms with E-state index in [1.54, 1.807) is 19.3 Å². The average Bonchev–Trinajstić information content (AvgIpc) is 2.66. The van der Waals surface area contributed by atoms with Crippen LogP contribution in [0.1, 0.15) is 17.4 Å². The molecule has 1 unspecified atom stereocenters. The van der Waals surface area contributed by atoms with Crippen molar-refractivity contribution in [3.63, 3.8) is 0 Å². The SMILES string of the molecule is CNC(c1cncc(F)c1)c1ccc(Br)o1. The van der Waals surface area contributed by atoms with Crippen molar-refractivity contribution in [3.8, 4) is 0 Å². The molecule has 0 bridgehead atoms. The van der Waals surface area contributed by atoms with E-state index < -0.39 is 0 Å². The van der Waals surface area contributed by atoms with Crippen LogP contribution in [0.5, 0.6) is 0 Å². The number of nitrogens with zero attached hydrogens (tertiary/aromatic N) is 1. The van der Waals surface area contributed by atoms with E-state index in [0.717, 1.165) is 5.56 Å². The molecule has 0 amide bonds. The summed E-state index contributed by atoms with van der Waals surface area (Å²) in [5.41, 5.74) is 0.726. The fraction of sp³-hybridized carbons (Fsp3) is 0.182. The average molecular weight is 285 g/mol. The van der Waals surface area contributed by atoms with Crippen LogP contribution in [0.2, 0.25) is 0 Å². The maximum absolute atomic E-state index is 13.1. The van der Waals surface area contributed by atoms with Gasteiger partial charge in [-0.2, -0.15) is 0 Å². The Balaban J connectivity index is 2.36. The van der Waals surface area contributed by atoms with Gasteiger partial charge in [0.15, 0.2) is 4.67 Å². The molecule has 2 heterocycles. The van der Waals surface area contributed by atoms with Gasteiger partial charge in [-0.1, -0.05) is 0 Å². The number of aromatic nitrogens is 1. The van der Waals surface area contributed by atoms with Gasteiger partial charge in [-0.05, 0) is 46.7 Å². The summed E-state index contributed by atoms with van der Waals surface area (Å²) in [4.78, 5) is 3.82. The Morgan fingerprint density at radius 3 is 2.81 bits per heavy atom. The highest BCUT2D eigenvalue weighted by Crippen LogP contribution is 2.25. The first-order valence-corrected chi connectivity index (χ1v) is 5.53. The molecule has 3 nitrogen and oxygen atoms in total. The summed E-state index contributed by atoms with van der Waals surface area (Å²) in [5.74, 6) is 0.352. The van der Waals surface area contributed by atoms with Crippen LogP contribution in [0.4, 0.5) is 4.39 Å². The maximum atomic E-state index is 13.1. The topological polar surface area (TPSA) is 38.1 Å². The lowest BCUT2D eigenvalue weighted by atomic mass is 10.1. The third-order valence-electron chi connectivity index (χ3n) is 2.23. The Labute approximate surface area is 101 Å². The Bertz CT molecular complexity index is 486. The van der Waals surface area contributed by atoms with E-state index in [9.17, 15) is 4.39 Å². The third kappa shape index (κ3) is 2.31. The van der Waals surface area contributed by atoms with Gasteiger partial charge in [-0.15, -0.1) is 0 Å². The zero-order valence-corrected chi connectivity index (χ0v) is 10.2. The van der Waals surface area contributed by atoms with Crippen LogP contribution in [0.25, 0.3) is 0 Å². The number of nitrogens with one attached hydrogen (secondary N) is 1. The van der Waals surface area contributed by atoms with Gasteiger partial charge in [0.2, 0.25) is 0 Å². The molecule has 0 spiro atoms. The Kier molecular flexibility index (Phi) is 3.36. The minimum Gasteiger partial charge on any atom is -0.452 e. The van der Waals surface area contributed by atoms with Crippen molar-refractivity contribution in [2.45, 2.75) is 6.04 Å². The molecule has 0 fully saturated rings. The second-order valence-electron chi connectivity index (χ2n) is 3.30. The Morgan fingerprint density at radius 1 is 1.44 bits per heavy atom. The Morgan fingerprint density at radius 2 is 2.25 bits per heavy atom. The molecule has 5 heteroatoms. The monoisotopic (exact) mass is 284 g/mol. The van der Waals surface area contributed by atoms with Crippen molar-refractivity contribution < 1.29 is 8.81 Å². The van der Waals surface area contributed by atoms with Gasteiger partial charge in [-0.25, -0.2) is 4.39 Å². The highest BCUT2D eigenvalue weighted by atomic mass is 79.9. The standard InChI is InChI=1S/C11H10BrFN2O/c1-14-11(9-2-3-10(12)16-9)7-4-8(13)6-15-5-7/h2-6,11,14H,1H3. The lowest BCUT2D eigenvalue weighted by Crippen LogP contribution is -2.17. The summed E-state index contributed by atoms with van der Waals surface area (Å²) in [6, 6.07) is 4.86. The highest BCUT2D eigenvalue weighted by Gasteiger charge is 2.16. The lowest BCUT2D eigenvalue weighted by molar-refractivity contribution is 0.445. The van der Waals surface area contributed by atoms with Gasteiger partial charge < -0.3 is 9.73 Å². The predicted octanol–water partition coefficient (Wildman–Crippen LogP) is 2.89. The van der Waals surface area contributed by atoms with E-state index in [0.29, 0.717) is 10.4 Å². The van der Waals surface area contributed by atoms with Gasteiger partial charge in [0.05, 0.1) is 12.2 Å². The molecule has 2 aromatic heterocycles. The number of halogens is 2. The fourth-order valence-corrected chi connectivity index (χ4v) is 1.86. The second kappa shape index (κ2) is 4.76. The molecular formula is C11H10BrFN2O. The Hall–Kier alpha value is -1.20. The van der Waals surface area contributed by atoms with Crippen molar-refractivity contribution in [2.24, 2.45) is 0 Å². The van der Waals surface area contributed by atoms with Gasteiger partial charge in [0, 0.05) is 6.20 Å². The van der Waals surface area contributed by atoms with Gasteiger partial charge in [0.1, 0.15) is 11.6 Å². The third-order valence-corrected chi connectivity index (χ3v) is 2.65. The van der Waals surface area contributed by atoms with E-state index in [1.807, 2.05) is 6.07 Å². The number of pyridine rings is 1. The lowest BCUT2D eigenvalue weighted by Gasteiger charge is -2.13. The molecule has 1 N–H and O–H groups in total. The second-order valence-corrected chi connectivity index (χ2v) is 4.08. The van der Waals surface area contributed by atoms with Crippen LogP contribution in [0, 0.1) is 5.82 Å². The molecule has 0 aliphatic rings. The molecule has 0 saturated carbocycles. The van der Waals surface area contributed by atoms with E-state index in [-0.39, 0.29) is 11.9 Å². The summed E-state index contributed by atoms with van der Waals surface area (Å²) in [5, 5.41) is 3.05. The van der Waals surface area contributed by atoms with E-state index >= 15 is 0 Å². The number of hydrogen-bond donors (Lipinski definition) is 1. The van der Waals surface area contributed by atoms with E-state index in [4.69, 9.17) is 4.42 Å². The molecule has 0 aliphatic heterocycles. The molecule has 0 saturated heterocycles. The minimum atomic E-state index is -0.358. The number of hydrogen-bond acceptors (Lipinski definition) is 3. The van der Waals surface area contributed by atoms with Crippen LogP contribution in [-0.4, -0.2) is 12.0 Å². The van der Waals surface area contributed by atoms with E-state index in [2.05, 4.69) is 26.2 Å². The molecule has 16 heavy (non-hydrogen) atoms. The van der Waals surface area contributed by atoms with Gasteiger partial charge in [0.25, 0.3) is 0 Å². The quantitative estimate of drug-likeness (QED) is 0.942. The normalized spacial score (nSPS) is 12.7. The summed E-state index contributed by atoms with van der Waals surface area (Å²) < 4.78 is 19.1. The summed E-state index contributed by atoms with van der Waals surface area (Å²) >= 11 is 3.23. The van der Waals surface area contributed by atoms with Crippen molar-refractivity contribution >= 4 is 15.9 Å². The molecule has 0 radical (unpaired) electrons.